The molecule has 9 heteroatoms. The smallest absolute Gasteiger partial charge is 0.266 e. The fourth-order valence-corrected chi connectivity index (χ4v) is 6.09. The van der Waals surface area contributed by atoms with E-state index in [1.54, 1.807) is 29.5 Å². The molecule has 0 unspecified atom stereocenters. The van der Waals surface area contributed by atoms with E-state index in [-0.39, 0.29) is 24.8 Å². The lowest BCUT2D eigenvalue weighted by molar-refractivity contribution is -0.123. The highest BCUT2D eigenvalue weighted by atomic mass is 35.5. The lowest BCUT2D eigenvalue weighted by Gasteiger charge is -2.14. The molecule has 4 aromatic rings. The highest BCUT2D eigenvalue weighted by molar-refractivity contribution is 8.26. The van der Waals surface area contributed by atoms with Gasteiger partial charge in [-0.2, -0.15) is 0 Å². The molecule has 1 aliphatic rings. The van der Waals surface area contributed by atoms with Crippen LogP contribution in [0.15, 0.2) is 89.1 Å². The largest absolute Gasteiger partial charge is 0.352 e. The zero-order valence-electron chi connectivity index (χ0n) is 20.1. The molecule has 1 aromatic heterocycles. The van der Waals surface area contributed by atoms with E-state index >= 15 is 0 Å². The molecule has 5 nitrogen and oxygen atoms in total. The summed E-state index contributed by atoms with van der Waals surface area (Å²) in [6.45, 7) is 0.640. The molecule has 0 radical (unpaired) electrons. The van der Waals surface area contributed by atoms with Crippen LogP contribution in [0, 0.1) is 0 Å². The van der Waals surface area contributed by atoms with Gasteiger partial charge in [0.05, 0.1) is 10.6 Å². The number of aromatic nitrogens is 1. The van der Waals surface area contributed by atoms with E-state index in [2.05, 4.69) is 22.8 Å². The predicted molar refractivity (Wildman–Crippen MR) is 161 cm³/mol. The van der Waals surface area contributed by atoms with Crippen LogP contribution >= 0.6 is 46.9 Å². The molecule has 1 saturated heterocycles. The van der Waals surface area contributed by atoms with Crippen molar-refractivity contribution in [1.82, 2.24) is 15.2 Å². The van der Waals surface area contributed by atoms with Crippen molar-refractivity contribution in [1.29, 1.82) is 0 Å². The zero-order valence-corrected chi connectivity index (χ0v) is 23.3. The zero-order chi connectivity index (χ0) is 26.5. The van der Waals surface area contributed by atoms with Crippen molar-refractivity contribution < 1.29 is 9.59 Å². The molecule has 0 aliphatic carbocycles. The molecule has 2 amide bonds. The Morgan fingerprint density at radius 1 is 1.00 bits per heavy atom. The topological polar surface area (TPSA) is 62.3 Å². The molecule has 1 N–H and O–H groups in total. The van der Waals surface area contributed by atoms with E-state index in [0.29, 0.717) is 20.8 Å². The van der Waals surface area contributed by atoms with E-state index < -0.39 is 0 Å². The highest BCUT2D eigenvalue weighted by Gasteiger charge is 2.32. The van der Waals surface area contributed by atoms with Gasteiger partial charge in [0.25, 0.3) is 5.91 Å². The Morgan fingerprint density at radius 2 is 1.74 bits per heavy atom. The standard InChI is InChI=1S/C29H22ClN3O2S3/c30-23-12-8-19(9-13-23)16-25-28(35)33(29(36)38-25)15-14-26(34)31-17-20-6-10-21(11-7-20)24-18-37-27(32-24)22-4-2-1-3-5-22/h1-13,16,18H,14-15,17H2,(H,31,34)/b25-16-. The Bertz CT molecular complexity index is 1500. The monoisotopic (exact) mass is 575 g/mol. The number of rotatable bonds is 8. The van der Waals surface area contributed by atoms with Crippen LogP contribution in [-0.4, -0.2) is 32.6 Å². The molecule has 38 heavy (non-hydrogen) atoms. The highest BCUT2D eigenvalue weighted by Crippen LogP contribution is 2.33. The number of thiazole rings is 1. The number of hydrogen-bond donors (Lipinski definition) is 1. The number of carbonyl (C=O) groups is 2. The van der Waals surface area contributed by atoms with Crippen molar-refractivity contribution in [2.45, 2.75) is 13.0 Å². The summed E-state index contributed by atoms with van der Waals surface area (Å²) in [4.78, 5) is 32.1. The van der Waals surface area contributed by atoms with Crippen LogP contribution in [-0.2, 0) is 16.1 Å². The minimum absolute atomic E-state index is 0.142. The van der Waals surface area contributed by atoms with Crippen molar-refractivity contribution >= 4 is 69.1 Å². The van der Waals surface area contributed by atoms with Crippen LogP contribution in [0.5, 0.6) is 0 Å². The number of amides is 2. The Kier molecular flexibility index (Phi) is 8.34. The number of nitrogens with one attached hydrogen (secondary N) is 1. The normalized spacial score (nSPS) is 14.3. The summed E-state index contributed by atoms with van der Waals surface area (Å²) in [7, 11) is 0. The number of thioether (sulfide) groups is 1. The van der Waals surface area contributed by atoms with Crippen LogP contribution in [0.2, 0.25) is 5.02 Å². The van der Waals surface area contributed by atoms with Gasteiger partial charge in [-0.25, -0.2) is 4.98 Å². The third kappa shape index (κ3) is 6.39. The molecule has 1 aliphatic heterocycles. The summed E-state index contributed by atoms with van der Waals surface area (Å²) in [5.41, 5.74) is 4.91. The van der Waals surface area contributed by atoms with Gasteiger partial charge in [-0.1, -0.05) is 102 Å². The molecule has 0 atom stereocenters. The second-order valence-corrected chi connectivity index (χ2v) is 11.5. The molecule has 5 rings (SSSR count). The van der Waals surface area contributed by atoms with Gasteiger partial charge in [0, 0.05) is 41.0 Å². The van der Waals surface area contributed by atoms with Crippen molar-refractivity contribution in [2.75, 3.05) is 6.54 Å². The summed E-state index contributed by atoms with van der Waals surface area (Å²) in [6.07, 6.45) is 1.95. The van der Waals surface area contributed by atoms with Crippen LogP contribution in [0.3, 0.4) is 0 Å². The average molecular weight is 576 g/mol. The van der Waals surface area contributed by atoms with E-state index in [9.17, 15) is 9.59 Å². The first kappa shape index (κ1) is 26.3. The van der Waals surface area contributed by atoms with Crippen LogP contribution in [0.4, 0.5) is 0 Å². The van der Waals surface area contributed by atoms with Crippen LogP contribution in [0.1, 0.15) is 17.5 Å². The lowest BCUT2D eigenvalue weighted by Crippen LogP contribution is -2.33. The summed E-state index contributed by atoms with van der Waals surface area (Å²) in [5, 5.41) is 6.60. The third-order valence-electron chi connectivity index (χ3n) is 5.87. The number of thiocarbonyl (C=S) groups is 1. The summed E-state index contributed by atoms with van der Waals surface area (Å²) in [5.74, 6) is -0.326. The third-order valence-corrected chi connectivity index (χ3v) is 8.39. The maximum Gasteiger partial charge on any atom is 0.266 e. The molecular formula is C29H22ClN3O2S3. The van der Waals surface area contributed by atoms with E-state index in [1.165, 1.54) is 16.7 Å². The Morgan fingerprint density at radius 3 is 2.47 bits per heavy atom. The van der Waals surface area contributed by atoms with Gasteiger partial charge in [-0.15, -0.1) is 11.3 Å². The van der Waals surface area contributed by atoms with Crippen LogP contribution in [0.25, 0.3) is 27.9 Å². The number of hydrogen-bond acceptors (Lipinski definition) is 6. The second kappa shape index (κ2) is 12.0. The summed E-state index contributed by atoms with van der Waals surface area (Å²) >= 11 is 14.2. The van der Waals surface area contributed by atoms with Crippen molar-refractivity contribution in [3.8, 4) is 21.8 Å². The molecule has 2 heterocycles. The number of nitrogens with zero attached hydrogens (tertiary/aromatic N) is 2. The summed E-state index contributed by atoms with van der Waals surface area (Å²) < 4.78 is 0.455. The van der Waals surface area contributed by atoms with Gasteiger partial charge in [-0.05, 0) is 29.3 Å². The van der Waals surface area contributed by atoms with E-state index in [4.69, 9.17) is 28.8 Å². The molecule has 0 bridgehead atoms. The van der Waals surface area contributed by atoms with Gasteiger partial charge in [0.1, 0.15) is 9.33 Å². The number of halogens is 1. The fraction of sp³-hybridized carbons (Fsp3) is 0.103. The average Bonchev–Trinajstić information content (AvgIpc) is 3.53. The first-order chi connectivity index (χ1) is 18.5. The SMILES string of the molecule is O=C(CCN1C(=O)/C(=C/c2ccc(Cl)cc2)SC1=S)NCc1ccc(-c2csc(-c3ccccc3)n2)cc1. The van der Waals surface area contributed by atoms with E-state index in [1.807, 2.05) is 54.6 Å². The summed E-state index contributed by atoms with van der Waals surface area (Å²) in [6, 6.07) is 25.3. The second-order valence-electron chi connectivity index (χ2n) is 8.51. The number of carbonyl (C=O) groups excluding carboxylic acids is 2. The lowest BCUT2D eigenvalue weighted by atomic mass is 10.1. The molecule has 1 fully saturated rings. The Labute approximate surface area is 239 Å². The van der Waals surface area contributed by atoms with Gasteiger partial charge >= 0.3 is 0 Å². The number of benzene rings is 3. The first-order valence-corrected chi connectivity index (χ1v) is 14.3. The molecule has 3 aromatic carbocycles. The van der Waals surface area contributed by atoms with Crippen molar-refractivity contribution in [3.63, 3.8) is 0 Å². The van der Waals surface area contributed by atoms with Crippen LogP contribution < -0.4 is 5.32 Å². The minimum Gasteiger partial charge on any atom is -0.352 e. The van der Waals surface area contributed by atoms with Gasteiger partial charge < -0.3 is 5.32 Å². The minimum atomic E-state index is -0.184. The van der Waals surface area contributed by atoms with Crippen molar-refractivity contribution in [2.24, 2.45) is 0 Å². The van der Waals surface area contributed by atoms with Crippen molar-refractivity contribution in [3.05, 3.63) is 105 Å². The maximum absolute atomic E-state index is 12.8. The molecular weight excluding hydrogens is 554 g/mol. The molecule has 0 saturated carbocycles. The van der Waals surface area contributed by atoms with E-state index in [0.717, 1.165) is 33.0 Å². The predicted octanol–water partition coefficient (Wildman–Crippen LogP) is 7.04. The Balaban J connectivity index is 1.11. The fourth-order valence-electron chi connectivity index (χ4n) is 3.82. The molecule has 190 valence electrons. The maximum atomic E-state index is 12.8. The van der Waals surface area contributed by atoms with Gasteiger partial charge in [0.2, 0.25) is 5.91 Å². The quantitative estimate of drug-likeness (QED) is 0.180. The van der Waals surface area contributed by atoms with Gasteiger partial charge in [-0.3, -0.25) is 14.5 Å². The molecule has 0 spiro atoms. The first-order valence-electron chi connectivity index (χ1n) is 11.8. The Hall–Kier alpha value is -3.30. The van der Waals surface area contributed by atoms with Gasteiger partial charge in [0.15, 0.2) is 0 Å².